The average Bonchev–Trinajstić information content (AvgIpc) is 2.19. The van der Waals surface area contributed by atoms with E-state index >= 15 is 0 Å². The molecule has 0 spiro atoms. The summed E-state index contributed by atoms with van der Waals surface area (Å²) in [5.74, 6) is -1.66. The third kappa shape index (κ3) is 12.5. The topological polar surface area (TPSA) is 105 Å². The highest BCUT2D eigenvalue weighted by Crippen LogP contribution is 2.06. The zero-order chi connectivity index (χ0) is 14.9. The summed E-state index contributed by atoms with van der Waals surface area (Å²) in [7, 11) is 0. The van der Waals surface area contributed by atoms with E-state index in [0.717, 1.165) is 0 Å². The number of rotatable bonds is 7. The van der Waals surface area contributed by atoms with E-state index in [1.807, 2.05) is 0 Å². The standard InChI is InChI=1S/C12H22N2O5/c1-12(2,3)19-11(18)14-7-5-4-6-13-9(15)8-10(16)17/h4-8H2,1-3H3,(H,13,15)(H,14,18)(H,16,17). The van der Waals surface area contributed by atoms with Gasteiger partial charge in [0, 0.05) is 13.1 Å². The number of ether oxygens (including phenoxy) is 1. The second-order valence-corrected chi connectivity index (χ2v) is 5.06. The molecule has 7 heteroatoms. The Morgan fingerprint density at radius 1 is 1.05 bits per heavy atom. The Balaban J connectivity index is 3.48. The van der Waals surface area contributed by atoms with Gasteiger partial charge in [0.1, 0.15) is 12.0 Å². The molecule has 0 unspecified atom stereocenters. The average molecular weight is 274 g/mol. The molecular formula is C12H22N2O5. The van der Waals surface area contributed by atoms with E-state index < -0.39 is 30.0 Å². The van der Waals surface area contributed by atoms with Crippen LogP contribution in [0.5, 0.6) is 0 Å². The maximum absolute atomic E-state index is 11.3. The lowest BCUT2D eigenvalue weighted by Crippen LogP contribution is -2.33. The predicted molar refractivity (Wildman–Crippen MR) is 68.7 cm³/mol. The number of carbonyl (C=O) groups excluding carboxylic acids is 2. The number of alkyl carbamates (subject to hydrolysis) is 1. The normalized spacial score (nSPS) is 10.7. The summed E-state index contributed by atoms with van der Waals surface area (Å²) >= 11 is 0. The Morgan fingerprint density at radius 2 is 1.58 bits per heavy atom. The van der Waals surface area contributed by atoms with Crippen molar-refractivity contribution in [1.82, 2.24) is 10.6 Å². The molecule has 0 heterocycles. The molecule has 0 aliphatic carbocycles. The van der Waals surface area contributed by atoms with E-state index in [2.05, 4.69) is 10.6 Å². The number of nitrogens with one attached hydrogen (secondary N) is 2. The molecular weight excluding hydrogens is 252 g/mol. The molecule has 0 radical (unpaired) electrons. The van der Waals surface area contributed by atoms with Crippen LogP contribution >= 0.6 is 0 Å². The van der Waals surface area contributed by atoms with Gasteiger partial charge in [0.25, 0.3) is 0 Å². The molecule has 19 heavy (non-hydrogen) atoms. The molecule has 7 nitrogen and oxygen atoms in total. The number of hydrogen-bond acceptors (Lipinski definition) is 4. The molecule has 0 bridgehead atoms. The van der Waals surface area contributed by atoms with Crippen LogP contribution in [-0.2, 0) is 14.3 Å². The number of hydrogen-bond donors (Lipinski definition) is 3. The van der Waals surface area contributed by atoms with Crippen molar-refractivity contribution >= 4 is 18.0 Å². The molecule has 0 saturated heterocycles. The van der Waals surface area contributed by atoms with Gasteiger partial charge in [-0.2, -0.15) is 0 Å². The van der Waals surface area contributed by atoms with Gasteiger partial charge in [0.05, 0.1) is 0 Å². The van der Waals surface area contributed by atoms with Crippen LogP contribution < -0.4 is 10.6 Å². The smallest absolute Gasteiger partial charge is 0.407 e. The molecule has 110 valence electrons. The summed E-state index contributed by atoms with van der Waals surface area (Å²) < 4.78 is 5.04. The van der Waals surface area contributed by atoms with Gasteiger partial charge in [-0.1, -0.05) is 0 Å². The molecule has 0 aromatic rings. The van der Waals surface area contributed by atoms with Gasteiger partial charge >= 0.3 is 12.1 Å². The zero-order valence-electron chi connectivity index (χ0n) is 11.6. The predicted octanol–water partition coefficient (Wildman–Crippen LogP) is 0.882. The first-order valence-electron chi connectivity index (χ1n) is 6.16. The molecule has 0 atom stereocenters. The largest absolute Gasteiger partial charge is 0.481 e. The van der Waals surface area contributed by atoms with Crippen molar-refractivity contribution in [2.45, 2.75) is 45.6 Å². The summed E-state index contributed by atoms with van der Waals surface area (Å²) in [6.07, 6.45) is 0.339. The summed E-state index contributed by atoms with van der Waals surface area (Å²) in [4.78, 5) is 32.4. The van der Waals surface area contributed by atoms with Gasteiger partial charge < -0.3 is 20.5 Å². The van der Waals surface area contributed by atoms with Gasteiger partial charge in [-0.3, -0.25) is 9.59 Å². The Morgan fingerprint density at radius 3 is 2.05 bits per heavy atom. The Hall–Kier alpha value is -1.79. The van der Waals surface area contributed by atoms with Crippen molar-refractivity contribution in [2.24, 2.45) is 0 Å². The van der Waals surface area contributed by atoms with Crippen molar-refractivity contribution in [2.75, 3.05) is 13.1 Å². The van der Waals surface area contributed by atoms with E-state index in [0.29, 0.717) is 25.9 Å². The van der Waals surface area contributed by atoms with E-state index in [1.54, 1.807) is 20.8 Å². The van der Waals surface area contributed by atoms with Crippen molar-refractivity contribution in [1.29, 1.82) is 0 Å². The molecule has 0 rings (SSSR count). The Kier molecular flexibility index (Phi) is 7.55. The van der Waals surface area contributed by atoms with Crippen molar-refractivity contribution in [3.63, 3.8) is 0 Å². The molecule has 3 N–H and O–H groups in total. The highest BCUT2D eigenvalue weighted by molar-refractivity contribution is 5.93. The number of amides is 2. The molecule has 2 amide bonds. The quantitative estimate of drug-likeness (QED) is 0.472. The second-order valence-electron chi connectivity index (χ2n) is 5.06. The highest BCUT2D eigenvalue weighted by atomic mass is 16.6. The Bertz CT molecular complexity index is 323. The van der Waals surface area contributed by atoms with E-state index in [9.17, 15) is 14.4 Å². The number of aliphatic carboxylic acids is 1. The van der Waals surface area contributed by atoms with E-state index in [4.69, 9.17) is 9.84 Å². The van der Waals surface area contributed by atoms with Crippen molar-refractivity contribution in [3.05, 3.63) is 0 Å². The molecule has 0 aromatic heterocycles. The number of carbonyl (C=O) groups is 3. The molecule has 0 aromatic carbocycles. The summed E-state index contributed by atoms with van der Waals surface area (Å²) in [6.45, 7) is 6.19. The van der Waals surface area contributed by atoms with Gasteiger partial charge in [0.15, 0.2) is 0 Å². The first kappa shape index (κ1) is 17.2. The fourth-order valence-electron chi connectivity index (χ4n) is 1.18. The monoisotopic (exact) mass is 274 g/mol. The third-order valence-electron chi connectivity index (χ3n) is 1.91. The second kappa shape index (κ2) is 8.34. The van der Waals surface area contributed by atoms with Crippen LogP contribution in [0.2, 0.25) is 0 Å². The minimum absolute atomic E-state index is 0.391. The SMILES string of the molecule is CC(C)(C)OC(=O)NCCCCNC(=O)CC(=O)O. The van der Waals surface area contributed by atoms with Crippen LogP contribution in [0.15, 0.2) is 0 Å². The lowest BCUT2D eigenvalue weighted by Gasteiger charge is -2.19. The lowest BCUT2D eigenvalue weighted by atomic mass is 10.2. The maximum Gasteiger partial charge on any atom is 0.407 e. The number of unbranched alkanes of at least 4 members (excludes halogenated alkanes) is 1. The molecule has 0 aliphatic heterocycles. The minimum atomic E-state index is -1.15. The van der Waals surface area contributed by atoms with Crippen LogP contribution in [0.1, 0.15) is 40.0 Å². The molecule has 0 saturated carbocycles. The van der Waals surface area contributed by atoms with Crippen LogP contribution in [0.4, 0.5) is 4.79 Å². The summed E-state index contributed by atoms with van der Waals surface area (Å²) in [5.41, 5.74) is -0.519. The lowest BCUT2D eigenvalue weighted by molar-refractivity contribution is -0.140. The first-order chi connectivity index (χ1) is 8.70. The number of carboxylic acid groups (broad SMARTS) is 1. The van der Waals surface area contributed by atoms with Gasteiger partial charge in [0.2, 0.25) is 5.91 Å². The van der Waals surface area contributed by atoms with Crippen molar-refractivity contribution in [3.8, 4) is 0 Å². The third-order valence-corrected chi connectivity index (χ3v) is 1.91. The number of carboxylic acids is 1. The Labute approximate surface area is 112 Å². The molecule has 0 fully saturated rings. The maximum atomic E-state index is 11.3. The minimum Gasteiger partial charge on any atom is -0.481 e. The first-order valence-corrected chi connectivity index (χ1v) is 6.16. The van der Waals surface area contributed by atoms with Gasteiger partial charge in [-0.05, 0) is 33.6 Å². The summed E-state index contributed by atoms with van der Waals surface area (Å²) in [6, 6.07) is 0. The molecule has 0 aliphatic rings. The van der Waals surface area contributed by atoms with Crippen LogP contribution in [0.3, 0.4) is 0 Å². The fourth-order valence-corrected chi connectivity index (χ4v) is 1.18. The van der Waals surface area contributed by atoms with Crippen LogP contribution in [0.25, 0.3) is 0 Å². The zero-order valence-corrected chi connectivity index (χ0v) is 11.6. The van der Waals surface area contributed by atoms with Gasteiger partial charge in [-0.25, -0.2) is 4.79 Å². The highest BCUT2D eigenvalue weighted by Gasteiger charge is 2.15. The van der Waals surface area contributed by atoms with Crippen LogP contribution in [-0.4, -0.2) is 41.8 Å². The fraction of sp³-hybridized carbons (Fsp3) is 0.750. The summed E-state index contributed by atoms with van der Waals surface area (Å²) in [5, 5.41) is 13.4. The van der Waals surface area contributed by atoms with Crippen molar-refractivity contribution < 1.29 is 24.2 Å². The van der Waals surface area contributed by atoms with E-state index in [1.165, 1.54) is 0 Å². The van der Waals surface area contributed by atoms with E-state index in [-0.39, 0.29) is 0 Å². The van der Waals surface area contributed by atoms with Gasteiger partial charge in [-0.15, -0.1) is 0 Å². The van der Waals surface area contributed by atoms with Crippen LogP contribution in [0, 0.1) is 0 Å².